The first-order valence-electron chi connectivity index (χ1n) is 3.99. The van der Waals surface area contributed by atoms with Crippen LogP contribution in [0.2, 0.25) is 0 Å². The molecule has 2 N–H and O–H groups in total. The van der Waals surface area contributed by atoms with Gasteiger partial charge in [0, 0.05) is 13.1 Å². The summed E-state index contributed by atoms with van der Waals surface area (Å²) in [6.45, 7) is 1.87. The van der Waals surface area contributed by atoms with E-state index < -0.39 is 0 Å². The normalized spacial score (nSPS) is 19.2. The zero-order valence-corrected chi connectivity index (χ0v) is 6.94. The van der Waals surface area contributed by atoms with Gasteiger partial charge in [0.15, 0.2) is 0 Å². The number of aliphatic hydroxyl groups is 2. The molecule has 0 unspecified atom stereocenters. The van der Waals surface area contributed by atoms with Crippen LogP contribution in [-0.4, -0.2) is 65.4 Å². The lowest BCUT2D eigenvalue weighted by atomic mass is 10.5. The Morgan fingerprint density at radius 3 is 2.50 bits per heavy atom. The van der Waals surface area contributed by atoms with Crippen molar-refractivity contribution in [3.05, 3.63) is 0 Å². The Labute approximate surface area is 71.2 Å². The lowest BCUT2D eigenvalue weighted by Crippen LogP contribution is -2.30. The van der Waals surface area contributed by atoms with Gasteiger partial charge in [0.05, 0.1) is 26.4 Å². The third-order valence-corrected chi connectivity index (χ3v) is 1.87. The van der Waals surface area contributed by atoms with Crippen LogP contribution in [-0.2, 0) is 4.79 Å². The van der Waals surface area contributed by atoms with Gasteiger partial charge in [-0.05, 0) is 0 Å². The molecule has 1 heterocycles. The Hall–Kier alpha value is -0.650. The van der Waals surface area contributed by atoms with Gasteiger partial charge in [0.2, 0.25) is 5.91 Å². The van der Waals surface area contributed by atoms with Crippen LogP contribution < -0.4 is 0 Å². The van der Waals surface area contributed by atoms with E-state index in [-0.39, 0.29) is 19.1 Å². The largest absolute Gasteiger partial charge is 0.395 e. The second-order valence-corrected chi connectivity index (χ2v) is 2.80. The summed E-state index contributed by atoms with van der Waals surface area (Å²) in [4.78, 5) is 14.6. The summed E-state index contributed by atoms with van der Waals surface area (Å²) in [5.74, 6) is 0.0255. The van der Waals surface area contributed by atoms with Crippen molar-refractivity contribution in [3.63, 3.8) is 0 Å². The van der Waals surface area contributed by atoms with Gasteiger partial charge in [-0.2, -0.15) is 0 Å². The zero-order valence-electron chi connectivity index (χ0n) is 6.94. The molecule has 0 aliphatic carbocycles. The molecule has 12 heavy (non-hydrogen) atoms. The molecule has 0 radical (unpaired) electrons. The SMILES string of the molecule is O=C1CN(CCO)CN1CCO. The maximum atomic E-state index is 11.1. The summed E-state index contributed by atoms with van der Waals surface area (Å²) < 4.78 is 0. The fraction of sp³-hybridized carbons (Fsp3) is 0.857. The summed E-state index contributed by atoms with van der Waals surface area (Å²) in [7, 11) is 0. The predicted molar refractivity (Wildman–Crippen MR) is 42.3 cm³/mol. The van der Waals surface area contributed by atoms with Gasteiger partial charge in [0.1, 0.15) is 0 Å². The zero-order chi connectivity index (χ0) is 8.97. The van der Waals surface area contributed by atoms with Gasteiger partial charge in [-0.25, -0.2) is 0 Å². The highest BCUT2D eigenvalue weighted by Crippen LogP contribution is 2.04. The van der Waals surface area contributed by atoms with E-state index in [1.165, 1.54) is 0 Å². The number of nitrogens with zero attached hydrogens (tertiary/aromatic N) is 2. The first-order chi connectivity index (χ1) is 5.77. The molecule has 70 valence electrons. The van der Waals surface area contributed by atoms with Crippen molar-refractivity contribution < 1.29 is 15.0 Å². The van der Waals surface area contributed by atoms with Gasteiger partial charge in [-0.1, -0.05) is 0 Å². The van der Waals surface area contributed by atoms with E-state index in [4.69, 9.17) is 10.2 Å². The molecule has 1 aliphatic rings. The third-order valence-electron chi connectivity index (χ3n) is 1.87. The molecule has 1 aliphatic heterocycles. The Morgan fingerprint density at radius 1 is 1.25 bits per heavy atom. The number of β-amino-alcohol motifs (C(OH)–C–C–N with tert-alkyl or cyclic N) is 2. The van der Waals surface area contributed by atoms with Crippen molar-refractivity contribution in [2.45, 2.75) is 0 Å². The van der Waals surface area contributed by atoms with E-state index in [0.29, 0.717) is 26.3 Å². The molecule has 0 spiro atoms. The van der Waals surface area contributed by atoms with Crippen molar-refractivity contribution in [1.82, 2.24) is 9.80 Å². The van der Waals surface area contributed by atoms with Crippen molar-refractivity contribution in [1.29, 1.82) is 0 Å². The van der Waals surface area contributed by atoms with Gasteiger partial charge < -0.3 is 15.1 Å². The van der Waals surface area contributed by atoms with Crippen LogP contribution in [0.4, 0.5) is 0 Å². The minimum absolute atomic E-state index is 0.00128. The first-order valence-corrected chi connectivity index (χ1v) is 3.99. The van der Waals surface area contributed by atoms with E-state index in [9.17, 15) is 4.79 Å². The highest BCUT2D eigenvalue weighted by molar-refractivity contribution is 5.80. The minimum Gasteiger partial charge on any atom is -0.395 e. The fourth-order valence-electron chi connectivity index (χ4n) is 1.27. The second-order valence-electron chi connectivity index (χ2n) is 2.80. The average Bonchev–Trinajstić information content (AvgIpc) is 2.34. The summed E-state index contributed by atoms with van der Waals surface area (Å²) >= 11 is 0. The quantitative estimate of drug-likeness (QED) is 0.521. The Balaban J connectivity index is 2.34. The van der Waals surface area contributed by atoms with Crippen molar-refractivity contribution in [2.24, 2.45) is 0 Å². The topological polar surface area (TPSA) is 64.0 Å². The van der Waals surface area contributed by atoms with E-state index in [1.807, 2.05) is 4.90 Å². The van der Waals surface area contributed by atoms with Gasteiger partial charge in [0.25, 0.3) is 0 Å². The smallest absolute Gasteiger partial charge is 0.237 e. The van der Waals surface area contributed by atoms with Gasteiger partial charge in [-0.3, -0.25) is 9.69 Å². The molecular formula is C7H14N2O3. The molecule has 1 amide bonds. The third kappa shape index (κ3) is 2.17. The van der Waals surface area contributed by atoms with Crippen LogP contribution in [0.25, 0.3) is 0 Å². The number of hydrogen-bond acceptors (Lipinski definition) is 4. The van der Waals surface area contributed by atoms with E-state index in [0.717, 1.165) is 0 Å². The molecule has 5 heteroatoms. The summed E-state index contributed by atoms with van der Waals surface area (Å²) in [6.07, 6.45) is 0. The lowest BCUT2D eigenvalue weighted by molar-refractivity contribution is -0.127. The summed E-state index contributed by atoms with van der Waals surface area (Å²) in [5, 5.41) is 17.2. The predicted octanol–water partition coefficient (Wildman–Crippen LogP) is -1.93. The second kappa shape index (κ2) is 4.39. The molecule has 0 aromatic heterocycles. The number of hydrogen-bond donors (Lipinski definition) is 2. The van der Waals surface area contributed by atoms with Crippen LogP contribution in [0.3, 0.4) is 0 Å². The number of aliphatic hydroxyl groups excluding tert-OH is 2. The summed E-state index contributed by atoms with van der Waals surface area (Å²) in [6, 6.07) is 0. The molecule has 0 atom stereocenters. The standard InChI is InChI=1S/C7H14N2O3/c10-3-1-8-5-7(12)9(6-8)2-4-11/h10-11H,1-6H2. The van der Waals surface area contributed by atoms with Crippen molar-refractivity contribution >= 4 is 5.91 Å². The highest BCUT2D eigenvalue weighted by Gasteiger charge is 2.25. The molecule has 5 nitrogen and oxygen atoms in total. The lowest BCUT2D eigenvalue weighted by Gasteiger charge is -2.15. The number of amides is 1. The van der Waals surface area contributed by atoms with Crippen LogP contribution in [0.5, 0.6) is 0 Å². The van der Waals surface area contributed by atoms with E-state index >= 15 is 0 Å². The Bertz CT molecular complexity index is 163. The molecule has 0 bridgehead atoms. The molecular weight excluding hydrogens is 160 g/mol. The highest BCUT2D eigenvalue weighted by atomic mass is 16.3. The molecule has 0 aromatic rings. The maximum absolute atomic E-state index is 11.1. The number of carbonyl (C=O) groups is 1. The van der Waals surface area contributed by atoms with Crippen LogP contribution >= 0.6 is 0 Å². The number of rotatable bonds is 4. The molecule has 0 aromatic carbocycles. The van der Waals surface area contributed by atoms with Crippen molar-refractivity contribution in [3.8, 4) is 0 Å². The monoisotopic (exact) mass is 174 g/mol. The average molecular weight is 174 g/mol. The molecule has 0 saturated carbocycles. The molecule has 1 rings (SSSR count). The van der Waals surface area contributed by atoms with Gasteiger partial charge >= 0.3 is 0 Å². The van der Waals surface area contributed by atoms with Crippen molar-refractivity contribution in [2.75, 3.05) is 39.5 Å². The molecule has 1 saturated heterocycles. The van der Waals surface area contributed by atoms with Crippen LogP contribution in [0, 0.1) is 0 Å². The number of carbonyl (C=O) groups excluding carboxylic acids is 1. The van der Waals surface area contributed by atoms with E-state index in [2.05, 4.69) is 0 Å². The van der Waals surface area contributed by atoms with Crippen LogP contribution in [0.1, 0.15) is 0 Å². The molecule has 1 fully saturated rings. The first kappa shape index (κ1) is 9.44. The minimum atomic E-state index is -0.00128. The fourth-order valence-corrected chi connectivity index (χ4v) is 1.27. The summed E-state index contributed by atoms with van der Waals surface area (Å²) in [5.41, 5.74) is 0. The Kier molecular flexibility index (Phi) is 3.46. The van der Waals surface area contributed by atoms with Gasteiger partial charge in [-0.15, -0.1) is 0 Å². The van der Waals surface area contributed by atoms with E-state index in [1.54, 1.807) is 4.90 Å². The maximum Gasteiger partial charge on any atom is 0.237 e. The van der Waals surface area contributed by atoms with Crippen LogP contribution in [0.15, 0.2) is 0 Å². The Morgan fingerprint density at radius 2 is 1.92 bits per heavy atom.